The number of hydrogen-bond acceptors (Lipinski definition) is 6. The molecule has 3 heterocycles. The van der Waals surface area contributed by atoms with Gasteiger partial charge >= 0.3 is 10.2 Å². The maximum atomic E-state index is 15.1. The van der Waals surface area contributed by atoms with Gasteiger partial charge in [-0.15, -0.1) is 0 Å². The Balaban J connectivity index is 1.70. The molecule has 29 heavy (non-hydrogen) atoms. The van der Waals surface area contributed by atoms with Crippen LogP contribution in [0.3, 0.4) is 0 Å². The fourth-order valence-electron chi connectivity index (χ4n) is 2.98. The standard InChI is InChI=1S/C17H13F2N5O4S/c18-12-3-10(4-20-6-12)7-23-8-11(5-21-23)13-1-2-14(25)17(16(13)19)24-9-15(26)22-29(24,27)28/h1-6,8,25H,7,9H2,(H,22,26). The zero-order valence-electron chi connectivity index (χ0n) is 14.6. The molecular weight excluding hydrogens is 408 g/mol. The van der Waals surface area contributed by atoms with Gasteiger partial charge in [-0.2, -0.15) is 13.5 Å². The zero-order chi connectivity index (χ0) is 20.8. The second-order valence-electron chi connectivity index (χ2n) is 6.27. The molecule has 1 aliphatic heterocycles. The number of aromatic hydroxyl groups is 1. The summed E-state index contributed by atoms with van der Waals surface area (Å²) in [5.41, 5.74) is 0.169. The Labute approximate surface area is 163 Å². The van der Waals surface area contributed by atoms with E-state index in [0.717, 1.165) is 12.3 Å². The molecule has 12 heteroatoms. The number of phenolic OH excluding ortho intramolecular Hbond substituents is 1. The average Bonchev–Trinajstić information content (AvgIpc) is 3.18. The summed E-state index contributed by atoms with van der Waals surface area (Å²) in [5.74, 6) is -3.01. The highest BCUT2D eigenvalue weighted by Gasteiger charge is 2.38. The van der Waals surface area contributed by atoms with Crippen LogP contribution in [0.1, 0.15) is 5.56 Å². The van der Waals surface area contributed by atoms with Crippen LogP contribution in [0.5, 0.6) is 5.75 Å². The number of halogens is 2. The van der Waals surface area contributed by atoms with Crippen LogP contribution in [0.15, 0.2) is 43.0 Å². The van der Waals surface area contributed by atoms with E-state index in [9.17, 15) is 22.7 Å². The van der Waals surface area contributed by atoms with E-state index in [-0.39, 0.29) is 12.1 Å². The summed E-state index contributed by atoms with van der Waals surface area (Å²) in [7, 11) is -4.30. The Kier molecular flexibility index (Phi) is 4.42. The molecule has 9 nitrogen and oxygen atoms in total. The largest absolute Gasteiger partial charge is 0.506 e. The molecule has 0 radical (unpaired) electrons. The Morgan fingerprint density at radius 1 is 1.21 bits per heavy atom. The first-order chi connectivity index (χ1) is 13.7. The fraction of sp³-hybridized carbons (Fsp3) is 0.118. The van der Waals surface area contributed by atoms with Gasteiger partial charge in [-0.05, 0) is 23.8 Å². The number of hydrogen-bond donors (Lipinski definition) is 2. The van der Waals surface area contributed by atoms with E-state index in [0.29, 0.717) is 15.4 Å². The number of pyridine rings is 1. The van der Waals surface area contributed by atoms with E-state index >= 15 is 4.39 Å². The van der Waals surface area contributed by atoms with Gasteiger partial charge in [-0.25, -0.2) is 17.8 Å². The van der Waals surface area contributed by atoms with Crippen LogP contribution in [0, 0.1) is 11.6 Å². The second-order valence-corrected chi connectivity index (χ2v) is 7.86. The molecule has 0 unspecified atom stereocenters. The summed E-state index contributed by atoms with van der Waals surface area (Å²) < 4.78 is 56.1. The molecule has 1 fully saturated rings. The molecule has 2 aromatic heterocycles. The quantitative estimate of drug-likeness (QED) is 0.653. The molecule has 2 N–H and O–H groups in total. The van der Waals surface area contributed by atoms with Crippen LogP contribution in [0.4, 0.5) is 14.5 Å². The molecule has 0 spiro atoms. The first-order valence-electron chi connectivity index (χ1n) is 8.21. The van der Waals surface area contributed by atoms with Crippen molar-refractivity contribution in [1.29, 1.82) is 0 Å². The molecule has 1 saturated heterocycles. The third-order valence-corrected chi connectivity index (χ3v) is 5.59. The molecule has 3 aromatic rings. The van der Waals surface area contributed by atoms with Crippen LogP contribution in [-0.2, 0) is 21.5 Å². The van der Waals surface area contributed by atoms with Crippen molar-refractivity contribution in [2.24, 2.45) is 0 Å². The van der Waals surface area contributed by atoms with Gasteiger partial charge in [0.25, 0.3) is 5.91 Å². The molecular formula is C17H13F2N5O4S. The number of benzene rings is 1. The van der Waals surface area contributed by atoms with Gasteiger partial charge in [-0.3, -0.25) is 14.5 Å². The van der Waals surface area contributed by atoms with Crippen molar-refractivity contribution in [1.82, 2.24) is 19.5 Å². The van der Waals surface area contributed by atoms with Gasteiger partial charge in [0, 0.05) is 23.5 Å². The minimum absolute atomic E-state index is 0.0315. The van der Waals surface area contributed by atoms with E-state index in [1.807, 2.05) is 0 Å². The third-order valence-electron chi connectivity index (χ3n) is 4.21. The van der Waals surface area contributed by atoms with Crippen LogP contribution >= 0.6 is 0 Å². The molecule has 1 amide bonds. The summed E-state index contributed by atoms with van der Waals surface area (Å²) in [5, 5.41) is 14.1. The predicted octanol–water partition coefficient (Wildman–Crippen LogP) is 1.16. The van der Waals surface area contributed by atoms with E-state index in [1.54, 1.807) is 4.72 Å². The van der Waals surface area contributed by atoms with Crippen molar-refractivity contribution in [2.45, 2.75) is 6.54 Å². The highest BCUT2D eigenvalue weighted by molar-refractivity contribution is 7.92. The SMILES string of the molecule is O=C1CN(c2c(O)ccc(-c3cnn(Cc4cncc(F)c4)c3)c2F)S(=O)(=O)N1. The smallest absolute Gasteiger partial charge is 0.326 e. The summed E-state index contributed by atoms with van der Waals surface area (Å²) in [6.45, 7) is -0.474. The number of nitrogens with one attached hydrogen (secondary N) is 1. The number of amides is 1. The normalized spacial score (nSPS) is 15.5. The van der Waals surface area contributed by atoms with Crippen LogP contribution in [0.2, 0.25) is 0 Å². The van der Waals surface area contributed by atoms with Crippen molar-refractivity contribution >= 4 is 21.8 Å². The minimum Gasteiger partial charge on any atom is -0.506 e. The molecule has 1 aromatic carbocycles. The number of rotatable bonds is 4. The van der Waals surface area contributed by atoms with E-state index in [1.165, 1.54) is 35.4 Å². The lowest BCUT2D eigenvalue weighted by Crippen LogP contribution is -2.30. The Hall–Kier alpha value is -3.54. The van der Waals surface area contributed by atoms with Crippen molar-refractivity contribution in [3.8, 4) is 16.9 Å². The predicted molar refractivity (Wildman–Crippen MR) is 97.0 cm³/mol. The van der Waals surface area contributed by atoms with E-state index < -0.39 is 45.7 Å². The van der Waals surface area contributed by atoms with Gasteiger partial charge < -0.3 is 5.11 Å². The van der Waals surface area contributed by atoms with Gasteiger partial charge in [0.2, 0.25) is 0 Å². The van der Waals surface area contributed by atoms with Crippen LogP contribution in [0.25, 0.3) is 11.1 Å². The lowest BCUT2D eigenvalue weighted by atomic mass is 10.1. The van der Waals surface area contributed by atoms with Gasteiger partial charge in [0.05, 0.1) is 18.9 Å². The highest BCUT2D eigenvalue weighted by Crippen LogP contribution is 2.38. The second kappa shape index (κ2) is 6.81. The summed E-state index contributed by atoms with van der Waals surface area (Å²) in [6, 6.07) is 3.67. The van der Waals surface area contributed by atoms with Gasteiger partial charge in [0.15, 0.2) is 5.82 Å². The molecule has 0 bridgehead atoms. The summed E-state index contributed by atoms with van der Waals surface area (Å²) >= 11 is 0. The maximum absolute atomic E-state index is 15.1. The van der Waals surface area contributed by atoms with Crippen molar-refractivity contribution in [2.75, 3.05) is 10.8 Å². The Bertz CT molecular complexity index is 1230. The van der Waals surface area contributed by atoms with E-state index in [2.05, 4.69) is 10.1 Å². The Morgan fingerprint density at radius 2 is 2.00 bits per heavy atom. The maximum Gasteiger partial charge on any atom is 0.326 e. The topological polar surface area (TPSA) is 117 Å². The Morgan fingerprint density at radius 3 is 2.69 bits per heavy atom. The average molecular weight is 421 g/mol. The third kappa shape index (κ3) is 3.49. The minimum atomic E-state index is -4.30. The number of carbonyl (C=O) groups excluding carboxylic acids is 1. The van der Waals surface area contributed by atoms with Crippen LogP contribution in [-0.4, -0.2) is 40.7 Å². The van der Waals surface area contributed by atoms with Crippen molar-refractivity contribution < 1.29 is 27.1 Å². The molecule has 1 aliphatic rings. The van der Waals surface area contributed by atoms with Crippen molar-refractivity contribution in [3.05, 3.63) is 60.2 Å². The number of carbonyl (C=O) groups is 1. The lowest BCUT2D eigenvalue weighted by molar-refractivity contribution is -0.117. The van der Waals surface area contributed by atoms with E-state index in [4.69, 9.17) is 0 Å². The molecule has 0 saturated carbocycles. The zero-order valence-corrected chi connectivity index (χ0v) is 15.4. The fourth-order valence-corrected chi connectivity index (χ4v) is 4.14. The lowest BCUT2D eigenvalue weighted by Gasteiger charge is -2.18. The number of aromatic nitrogens is 3. The molecule has 0 atom stereocenters. The van der Waals surface area contributed by atoms with Gasteiger partial charge in [-0.1, -0.05) is 0 Å². The highest BCUT2D eigenvalue weighted by atomic mass is 32.2. The number of anilines is 1. The number of nitrogens with zero attached hydrogens (tertiary/aromatic N) is 4. The van der Waals surface area contributed by atoms with Gasteiger partial charge in [0.1, 0.15) is 23.8 Å². The molecule has 4 rings (SSSR count). The number of phenols is 1. The first-order valence-corrected chi connectivity index (χ1v) is 9.65. The molecule has 150 valence electrons. The monoisotopic (exact) mass is 421 g/mol. The van der Waals surface area contributed by atoms with Crippen LogP contribution < -0.4 is 9.03 Å². The van der Waals surface area contributed by atoms with Crippen molar-refractivity contribution in [3.63, 3.8) is 0 Å². The molecule has 0 aliphatic carbocycles. The summed E-state index contributed by atoms with van der Waals surface area (Å²) in [6.07, 6.45) is 5.35. The summed E-state index contributed by atoms with van der Waals surface area (Å²) in [4.78, 5) is 15.2. The first kappa shape index (κ1) is 18.8.